The molecule has 0 heterocycles. The third-order valence-electron chi connectivity index (χ3n) is 8.48. The number of rotatable bonds is 1. The standard InChI is InChI=1S/C32H30/c1-3-7-28-21(5-1)10-13-26-19-24(15-17-29(26)28)25-16-18-31-27(20-25)14-12-23-11-9-22-6-2-4-8-30(22)32(23)31/h1-2,4-6,8-9,15,17,19-20,23H,3,7,10-14,16,18H2. The van der Waals surface area contributed by atoms with E-state index in [0.717, 1.165) is 5.92 Å². The molecule has 2 aromatic carbocycles. The van der Waals surface area contributed by atoms with Gasteiger partial charge in [0, 0.05) is 0 Å². The van der Waals surface area contributed by atoms with E-state index in [1.807, 2.05) is 0 Å². The predicted octanol–water partition coefficient (Wildman–Crippen LogP) is 6.66. The van der Waals surface area contributed by atoms with E-state index in [1.165, 1.54) is 79.4 Å². The molecule has 158 valence electrons. The molecule has 2 aromatic rings. The maximum Gasteiger partial charge on any atom is -0.0115 e. The molecule has 0 fully saturated rings. The summed E-state index contributed by atoms with van der Waals surface area (Å²) in [6.07, 6.45) is 20.7. The molecule has 0 aliphatic heterocycles. The number of aryl methyl sites for hydroxylation is 1. The number of hydrogen-bond donors (Lipinski definition) is 0. The van der Waals surface area contributed by atoms with Crippen LogP contribution in [0.2, 0.25) is 0 Å². The Bertz CT molecular complexity index is 1390. The van der Waals surface area contributed by atoms with Crippen LogP contribution in [-0.4, -0.2) is 0 Å². The average molecular weight is 415 g/mol. The molecule has 5 aliphatic carbocycles. The minimum atomic E-state index is 0.731. The highest BCUT2D eigenvalue weighted by molar-refractivity contribution is 5.82. The van der Waals surface area contributed by atoms with E-state index in [-0.39, 0.29) is 0 Å². The molecule has 0 aromatic heterocycles. The van der Waals surface area contributed by atoms with Gasteiger partial charge in [0.05, 0.1) is 0 Å². The molecule has 0 saturated heterocycles. The summed E-state index contributed by atoms with van der Waals surface area (Å²) in [6, 6.07) is 16.4. The summed E-state index contributed by atoms with van der Waals surface area (Å²) in [5.41, 5.74) is 14.3. The van der Waals surface area contributed by atoms with E-state index in [0.29, 0.717) is 0 Å². The largest absolute Gasteiger partial charge is 0.0839 e. The fourth-order valence-electron chi connectivity index (χ4n) is 6.90. The van der Waals surface area contributed by atoms with Gasteiger partial charge in [-0.3, -0.25) is 0 Å². The highest BCUT2D eigenvalue weighted by atomic mass is 14.3. The lowest BCUT2D eigenvalue weighted by molar-refractivity contribution is 0.593. The molecular formula is C32H30. The molecule has 1 unspecified atom stereocenters. The molecule has 0 N–H and O–H groups in total. The van der Waals surface area contributed by atoms with Crippen LogP contribution in [0.15, 0.2) is 77.4 Å². The third kappa shape index (κ3) is 2.89. The SMILES string of the molecule is C1=CC2=C(CC1)c1ccc(C3=CC4=C(CC3)C3=c5ccccc5=CCC3CC4)cc1CC2. The van der Waals surface area contributed by atoms with Crippen LogP contribution in [-0.2, 0) is 6.42 Å². The van der Waals surface area contributed by atoms with Gasteiger partial charge in [-0.05, 0) is 124 Å². The Morgan fingerprint density at radius 2 is 1.75 bits per heavy atom. The maximum absolute atomic E-state index is 2.57. The number of fused-ring (bicyclic) bond motifs is 5. The summed E-state index contributed by atoms with van der Waals surface area (Å²) in [5, 5.41) is 2.95. The van der Waals surface area contributed by atoms with Crippen molar-refractivity contribution in [2.45, 2.75) is 57.8 Å². The summed E-state index contributed by atoms with van der Waals surface area (Å²) < 4.78 is 0. The fourth-order valence-corrected chi connectivity index (χ4v) is 6.90. The summed E-state index contributed by atoms with van der Waals surface area (Å²) in [5.74, 6) is 0.731. The molecule has 5 aliphatic rings. The van der Waals surface area contributed by atoms with Gasteiger partial charge in [-0.15, -0.1) is 0 Å². The lowest BCUT2D eigenvalue weighted by atomic mass is 9.71. The Labute approximate surface area is 191 Å². The molecule has 32 heavy (non-hydrogen) atoms. The van der Waals surface area contributed by atoms with Crippen LogP contribution in [0.4, 0.5) is 0 Å². The smallest absolute Gasteiger partial charge is 0.0115 e. The van der Waals surface area contributed by atoms with Crippen LogP contribution in [0.25, 0.3) is 22.8 Å². The molecular weight excluding hydrogens is 384 g/mol. The topological polar surface area (TPSA) is 0 Å². The second kappa shape index (κ2) is 7.34. The van der Waals surface area contributed by atoms with E-state index in [2.05, 4.69) is 66.8 Å². The third-order valence-corrected chi connectivity index (χ3v) is 8.48. The second-order valence-electron chi connectivity index (χ2n) is 10.2. The van der Waals surface area contributed by atoms with Gasteiger partial charge >= 0.3 is 0 Å². The van der Waals surface area contributed by atoms with Crippen LogP contribution in [0.1, 0.15) is 68.1 Å². The summed E-state index contributed by atoms with van der Waals surface area (Å²) in [4.78, 5) is 0. The molecule has 0 heteroatoms. The molecule has 0 radical (unpaired) electrons. The van der Waals surface area contributed by atoms with E-state index >= 15 is 0 Å². The average Bonchev–Trinajstić information content (AvgIpc) is 2.87. The van der Waals surface area contributed by atoms with Gasteiger partial charge in [0.15, 0.2) is 0 Å². The van der Waals surface area contributed by atoms with Crippen molar-refractivity contribution >= 4 is 22.8 Å². The van der Waals surface area contributed by atoms with Crippen molar-refractivity contribution in [3.8, 4) is 0 Å². The quantitative estimate of drug-likeness (QED) is 0.490. The molecule has 0 spiro atoms. The predicted molar refractivity (Wildman–Crippen MR) is 135 cm³/mol. The van der Waals surface area contributed by atoms with Crippen LogP contribution < -0.4 is 10.4 Å². The Hall–Kier alpha value is -2.86. The van der Waals surface area contributed by atoms with Crippen molar-refractivity contribution in [3.05, 3.63) is 105 Å². The molecule has 0 nitrogen and oxygen atoms in total. The van der Waals surface area contributed by atoms with Crippen molar-refractivity contribution in [1.29, 1.82) is 0 Å². The lowest BCUT2D eigenvalue weighted by Gasteiger charge is -2.34. The Morgan fingerprint density at radius 3 is 2.75 bits per heavy atom. The van der Waals surface area contributed by atoms with Crippen LogP contribution in [0.5, 0.6) is 0 Å². The number of allylic oxidation sites excluding steroid dienone is 8. The summed E-state index contributed by atoms with van der Waals surface area (Å²) >= 11 is 0. The summed E-state index contributed by atoms with van der Waals surface area (Å²) in [6.45, 7) is 0. The minimum absolute atomic E-state index is 0.731. The highest BCUT2D eigenvalue weighted by Gasteiger charge is 2.29. The number of hydrogen-bond acceptors (Lipinski definition) is 0. The zero-order valence-electron chi connectivity index (χ0n) is 18.8. The minimum Gasteiger partial charge on any atom is -0.0839 e. The monoisotopic (exact) mass is 414 g/mol. The molecule has 0 bridgehead atoms. The normalized spacial score (nSPS) is 23.4. The van der Waals surface area contributed by atoms with Crippen molar-refractivity contribution in [1.82, 2.24) is 0 Å². The lowest BCUT2D eigenvalue weighted by Crippen LogP contribution is -2.35. The molecule has 1 atom stereocenters. The second-order valence-corrected chi connectivity index (χ2v) is 10.2. The first-order valence-electron chi connectivity index (χ1n) is 12.6. The van der Waals surface area contributed by atoms with Gasteiger partial charge in [-0.1, -0.05) is 66.8 Å². The van der Waals surface area contributed by atoms with E-state index < -0.39 is 0 Å². The Morgan fingerprint density at radius 1 is 0.781 bits per heavy atom. The maximum atomic E-state index is 2.57. The van der Waals surface area contributed by atoms with Gasteiger partial charge < -0.3 is 0 Å². The van der Waals surface area contributed by atoms with Gasteiger partial charge in [0.25, 0.3) is 0 Å². The van der Waals surface area contributed by atoms with Gasteiger partial charge in [-0.25, -0.2) is 0 Å². The first-order chi connectivity index (χ1) is 15.8. The zero-order chi connectivity index (χ0) is 21.1. The first-order valence-corrected chi connectivity index (χ1v) is 12.6. The van der Waals surface area contributed by atoms with Crippen molar-refractivity contribution < 1.29 is 0 Å². The molecule has 0 saturated carbocycles. The van der Waals surface area contributed by atoms with Crippen molar-refractivity contribution in [2.24, 2.45) is 5.92 Å². The zero-order valence-corrected chi connectivity index (χ0v) is 18.8. The van der Waals surface area contributed by atoms with Crippen LogP contribution in [0, 0.1) is 5.92 Å². The van der Waals surface area contributed by atoms with Crippen molar-refractivity contribution in [2.75, 3.05) is 0 Å². The Kier molecular flexibility index (Phi) is 4.29. The van der Waals surface area contributed by atoms with Crippen LogP contribution >= 0.6 is 0 Å². The van der Waals surface area contributed by atoms with Gasteiger partial charge in [-0.2, -0.15) is 0 Å². The van der Waals surface area contributed by atoms with Crippen LogP contribution in [0.3, 0.4) is 0 Å². The van der Waals surface area contributed by atoms with E-state index in [9.17, 15) is 0 Å². The highest BCUT2D eigenvalue weighted by Crippen LogP contribution is 2.45. The van der Waals surface area contributed by atoms with Gasteiger partial charge in [0.1, 0.15) is 0 Å². The molecule has 0 amide bonds. The first kappa shape index (κ1) is 18.7. The number of benzene rings is 2. The van der Waals surface area contributed by atoms with Gasteiger partial charge in [0.2, 0.25) is 0 Å². The fraction of sp³-hybridized carbons (Fsp3) is 0.312. The summed E-state index contributed by atoms with van der Waals surface area (Å²) in [7, 11) is 0. The van der Waals surface area contributed by atoms with E-state index in [1.54, 1.807) is 39.0 Å². The Balaban J connectivity index is 1.30. The van der Waals surface area contributed by atoms with E-state index in [4.69, 9.17) is 0 Å². The molecule has 7 rings (SSSR count). The van der Waals surface area contributed by atoms with Crippen molar-refractivity contribution in [3.63, 3.8) is 0 Å².